The van der Waals surface area contributed by atoms with E-state index in [0.717, 1.165) is 5.92 Å². The molecule has 2 heteroatoms. The summed E-state index contributed by atoms with van der Waals surface area (Å²) in [5, 5.41) is 2.30. The first-order chi connectivity index (χ1) is 6.88. The quantitative estimate of drug-likeness (QED) is 0.780. The summed E-state index contributed by atoms with van der Waals surface area (Å²) in [7, 11) is 2.00. The third-order valence-corrected chi connectivity index (χ3v) is 2.97. The summed E-state index contributed by atoms with van der Waals surface area (Å²) in [4.78, 5) is 0. The number of nitrogens with zero attached hydrogens (tertiary/aromatic N) is 1. The summed E-state index contributed by atoms with van der Waals surface area (Å²) in [5.74, 6) is 0.824. The molecule has 1 unspecified atom stereocenters. The van der Waals surface area contributed by atoms with Gasteiger partial charge in [-0.2, -0.15) is 0 Å². The van der Waals surface area contributed by atoms with E-state index in [1.165, 1.54) is 31.5 Å². The van der Waals surface area contributed by atoms with Crippen LogP contribution in [0.25, 0.3) is 0 Å². The molecule has 2 rings (SSSR count). The minimum Gasteiger partial charge on any atom is -0.258 e. The van der Waals surface area contributed by atoms with Gasteiger partial charge in [0, 0.05) is 13.1 Å². The lowest BCUT2D eigenvalue weighted by Crippen LogP contribution is -2.32. The van der Waals surface area contributed by atoms with Gasteiger partial charge >= 0.3 is 0 Å². The average Bonchev–Trinajstić information content (AvgIpc) is 2.67. The van der Waals surface area contributed by atoms with Gasteiger partial charge in [-0.1, -0.05) is 30.3 Å². The number of hydrogen-bond acceptors (Lipinski definition) is 2. The predicted molar refractivity (Wildman–Crippen MR) is 58.9 cm³/mol. The second-order valence-corrected chi connectivity index (χ2v) is 4.01. The van der Waals surface area contributed by atoms with Gasteiger partial charge in [0.15, 0.2) is 0 Å². The van der Waals surface area contributed by atoms with Crippen molar-refractivity contribution in [2.24, 2.45) is 5.92 Å². The van der Waals surface area contributed by atoms with Crippen LogP contribution in [-0.2, 0) is 6.42 Å². The second-order valence-electron chi connectivity index (χ2n) is 4.01. The van der Waals surface area contributed by atoms with Gasteiger partial charge in [-0.15, -0.1) is 0 Å². The highest BCUT2D eigenvalue weighted by molar-refractivity contribution is 5.15. The molecule has 76 valence electrons. The first-order valence-corrected chi connectivity index (χ1v) is 5.35. The molecule has 0 aliphatic carbocycles. The molecule has 1 saturated heterocycles. The molecular formula is C12H18N2. The molecule has 0 saturated carbocycles. The SMILES string of the molecule is CNN1CCC(Cc2ccccc2)C1. The van der Waals surface area contributed by atoms with E-state index in [-0.39, 0.29) is 0 Å². The molecule has 1 atom stereocenters. The fraction of sp³-hybridized carbons (Fsp3) is 0.500. The smallest absolute Gasteiger partial charge is 0.0162 e. The molecule has 0 radical (unpaired) electrons. The first-order valence-electron chi connectivity index (χ1n) is 5.35. The van der Waals surface area contributed by atoms with Crippen LogP contribution in [0.3, 0.4) is 0 Å². The third kappa shape index (κ3) is 2.34. The van der Waals surface area contributed by atoms with E-state index < -0.39 is 0 Å². The van der Waals surface area contributed by atoms with E-state index >= 15 is 0 Å². The van der Waals surface area contributed by atoms with Crippen LogP contribution in [0, 0.1) is 5.92 Å². The monoisotopic (exact) mass is 190 g/mol. The summed E-state index contributed by atoms with van der Waals surface area (Å²) in [5.41, 5.74) is 4.68. The van der Waals surface area contributed by atoms with Gasteiger partial charge in [-0.25, -0.2) is 5.01 Å². The van der Waals surface area contributed by atoms with Crippen molar-refractivity contribution in [2.45, 2.75) is 12.8 Å². The van der Waals surface area contributed by atoms with Crippen LogP contribution >= 0.6 is 0 Å². The maximum absolute atomic E-state index is 3.21. The molecular weight excluding hydrogens is 172 g/mol. The number of hydrazine groups is 1. The number of benzene rings is 1. The predicted octanol–water partition coefficient (Wildman–Crippen LogP) is 1.69. The van der Waals surface area contributed by atoms with Crippen LogP contribution in [0.5, 0.6) is 0 Å². The van der Waals surface area contributed by atoms with E-state index in [4.69, 9.17) is 0 Å². The molecule has 0 bridgehead atoms. The summed E-state index contributed by atoms with van der Waals surface area (Å²) in [6.45, 7) is 2.37. The Labute approximate surface area is 85.9 Å². The number of nitrogens with one attached hydrogen (secondary N) is 1. The fourth-order valence-electron chi connectivity index (χ4n) is 2.15. The standard InChI is InChI=1S/C12H18N2/c1-13-14-8-7-12(10-14)9-11-5-3-2-4-6-11/h2-6,12-13H,7-10H2,1H3. The van der Waals surface area contributed by atoms with Gasteiger partial charge in [0.1, 0.15) is 0 Å². The van der Waals surface area contributed by atoms with Crippen molar-refractivity contribution in [3.8, 4) is 0 Å². The molecule has 1 aliphatic rings. The third-order valence-electron chi connectivity index (χ3n) is 2.97. The van der Waals surface area contributed by atoms with Gasteiger partial charge in [-0.3, -0.25) is 5.43 Å². The Morgan fingerprint density at radius 2 is 2.14 bits per heavy atom. The van der Waals surface area contributed by atoms with Crippen molar-refractivity contribution in [3.63, 3.8) is 0 Å². The summed E-state index contributed by atoms with van der Waals surface area (Å²) >= 11 is 0. The number of rotatable bonds is 3. The maximum atomic E-state index is 3.21. The van der Waals surface area contributed by atoms with Crippen LogP contribution in [0.2, 0.25) is 0 Å². The van der Waals surface area contributed by atoms with E-state index in [9.17, 15) is 0 Å². The van der Waals surface area contributed by atoms with Gasteiger partial charge < -0.3 is 0 Å². The lowest BCUT2D eigenvalue weighted by Gasteiger charge is -2.13. The lowest BCUT2D eigenvalue weighted by molar-refractivity contribution is 0.251. The molecule has 1 aliphatic heterocycles. The Morgan fingerprint density at radius 1 is 1.36 bits per heavy atom. The zero-order valence-electron chi connectivity index (χ0n) is 8.74. The lowest BCUT2D eigenvalue weighted by atomic mass is 9.99. The maximum Gasteiger partial charge on any atom is 0.0162 e. The van der Waals surface area contributed by atoms with Crippen molar-refractivity contribution >= 4 is 0 Å². The number of hydrogen-bond donors (Lipinski definition) is 1. The van der Waals surface area contributed by atoms with E-state index in [1.807, 2.05) is 7.05 Å². The fourth-order valence-corrected chi connectivity index (χ4v) is 2.15. The zero-order chi connectivity index (χ0) is 9.80. The van der Waals surface area contributed by atoms with Crippen LogP contribution in [0.1, 0.15) is 12.0 Å². The van der Waals surface area contributed by atoms with Crippen LogP contribution in [-0.4, -0.2) is 25.1 Å². The minimum atomic E-state index is 0.824. The van der Waals surface area contributed by atoms with Gasteiger partial charge in [0.25, 0.3) is 0 Å². The van der Waals surface area contributed by atoms with E-state index in [2.05, 4.69) is 40.8 Å². The Balaban J connectivity index is 1.88. The van der Waals surface area contributed by atoms with Crippen molar-refractivity contribution in [3.05, 3.63) is 35.9 Å². The van der Waals surface area contributed by atoms with Crippen LogP contribution in [0.15, 0.2) is 30.3 Å². The van der Waals surface area contributed by atoms with Crippen molar-refractivity contribution in [2.75, 3.05) is 20.1 Å². The Hall–Kier alpha value is -0.860. The molecule has 2 nitrogen and oxygen atoms in total. The minimum absolute atomic E-state index is 0.824. The zero-order valence-corrected chi connectivity index (χ0v) is 8.74. The highest BCUT2D eigenvalue weighted by Gasteiger charge is 2.21. The largest absolute Gasteiger partial charge is 0.258 e. The normalized spacial score (nSPS) is 22.8. The molecule has 14 heavy (non-hydrogen) atoms. The first kappa shape index (κ1) is 9.69. The van der Waals surface area contributed by atoms with Gasteiger partial charge in [0.2, 0.25) is 0 Å². The second kappa shape index (κ2) is 4.58. The van der Waals surface area contributed by atoms with Gasteiger partial charge in [0.05, 0.1) is 0 Å². The molecule has 1 fully saturated rings. The Kier molecular flexibility index (Phi) is 3.17. The van der Waals surface area contributed by atoms with Crippen LogP contribution in [0.4, 0.5) is 0 Å². The van der Waals surface area contributed by atoms with Crippen molar-refractivity contribution in [1.29, 1.82) is 0 Å². The van der Waals surface area contributed by atoms with E-state index in [1.54, 1.807) is 0 Å². The van der Waals surface area contributed by atoms with Crippen molar-refractivity contribution in [1.82, 2.24) is 10.4 Å². The average molecular weight is 190 g/mol. The summed E-state index contributed by atoms with van der Waals surface area (Å²) in [6.07, 6.45) is 2.54. The Morgan fingerprint density at radius 3 is 2.79 bits per heavy atom. The topological polar surface area (TPSA) is 15.3 Å². The van der Waals surface area contributed by atoms with Crippen LogP contribution < -0.4 is 5.43 Å². The molecule has 1 aromatic carbocycles. The van der Waals surface area contributed by atoms with Crippen molar-refractivity contribution < 1.29 is 0 Å². The molecule has 0 amide bonds. The summed E-state index contributed by atoms with van der Waals surface area (Å²) in [6, 6.07) is 10.8. The molecule has 1 heterocycles. The van der Waals surface area contributed by atoms with E-state index in [0.29, 0.717) is 0 Å². The highest BCUT2D eigenvalue weighted by atomic mass is 15.5. The molecule has 1 N–H and O–H groups in total. The molecule has 0 spiro atoms. The highest BCUT2D eigenvalue weighted by Crippen LogP contribution is 2.18. The molecule has 0 aromatic heterocycles. The Bertz CT molecular complexity index is 271. The van der Waals surface area contributed by atoms with Gasteiger partial charge in [-0.05, 0) is 31.4 Å². The molecule has 1 aromatic rings. The summed E-state index contributed by atoms with van der Waals surface area (Å²) < 4.78 is 0.